The van der Waals surface area contributed by atoms with Crippen LogP contribution in [0.2, 0.25) is 5.02 Å². The minimum absolute atomic E-state index is 0.198. The van der Waals surface area contributed by atoms with Crippen LogP contribution in [0.4, 0.5) is 20.0 Å². The largest absolute Gasteiger partial charge is 0.345 e. The molecule has 1 fully saturated rings. The Balaban J connectivity index is 1.42. The maximum atomic E-state index is 13.7. The van der Waals surface area contributed by atoms with E-state index in [1.54, 1.807) is 34.4 Å². The summed E-state index contributed by atoms with van der Waals surface area (Å²) in [5.74, 6) is -0.437. The van der Waals surface area contributed by atoms with Crippen LogP contribution in [0.1, 0.15) is 5.56 Å². The van der Waals surface area contributed by atoms with Crippen LogP contribution in [-0.4, -0.2) is 42.1 Å². The number of carbonyl (C=O) groups excluding carboxylic acids is 1. The summed E-state index contributed by atoms with van der Waals surface area (Å²) in [6.07, 6.45) is 0. The van der Waals surface area contributed by atoms with E-state index in [-0.39, 0.29) is 11.7 Å². The first-order valence-corrected chi connectivity index (χ1v) is 9.83. The minimum Gasteiger partial charge on any atom is -0.345 e. The SMILES string of the molecule is Cc1c(Cl)ccc2sc(N3CCN(C(=O)Nc4ccccc4F)CC3)nc12. The smallest absolute Gasteiger partial charge is 0.322 e. The summed E-state index contributed by atoms with van der Waals surface area (Å²) in [5.41, 5.74) is 2.12. The van der Waals surface area contributed by atoms with Crippen molar-refractivity contribution in [3.05, 3.63) is 52.8 Å². The number of anilines is 2. The number of fused-ring (bicyclic) bond motifs is 1. The highest BCUT2D eigenvalue weighted by Gasteiger charge is 2.24. The molecule has 0 unspecified atom stereocenters. The van der Waals surface area contributed by atoms with Crippen LogP contribution in [0.5, 0.6) is 0 Å². The molecule has 2 heterocycles. The summed E-state index contributed by atoms with van der Waals surface area (Å²) in [6.45, 7) is 4.43. The van der Waals surface area contributed by atoms with E-state index in [4.69, 9.17) is 16.6 Å². The van der Waals surface area contributed by atoms with Crippen molar-refractivity contribution < 1.29 is 9.18 Å². The molecular weight excluding hydrogens is 387 g/mol. The summed E-state index contributed by atoms with van der Waals surface area (Å²) in [6, 6.07) is 9.77. The molecule has 0 saturated carbocycles. The van der Waals surface area contributed by atoms with Crippen molar-refractivity contribution in [2.24, 2.45) is 0 Å². The number of thiazole rings is 1. The minimum atomic E-state index is -0.437. The predicted molar refractivity (Wildman–Crippen MR) is 109 cm³/mol. The van der Waals surface area contributed by atoms with Gasteiger partial charge in [0, 0.05) is 31.2 Å². The number of rotatable bonds is 2. The topological polar surface area (TPSA) is 48.5 Å². The number of benzene rings is 2. The molecule has 1 aliphatic rings. The summed E-state index contributed by atoms with van der Waals surface area (Å²) < 4.78 is 14.8. The first-order chi connectivity index (χ1) is 13.0. The average molecular weight is 405 g/mol. The number of aryl methyl sites for hydroxylation is 1. The molecule has 2 amide bonds. The summed E-state index contributed by atoms with van der Waals surface area (Å²) in [5, 5.41) is 4.29. The highest BCUT2D eigenvalue weighted by Crippen LogP contribution is 2.33. The van der Waals surface area contributed by atoms with Crippen molar-refractivity contribution in [2.45, 2.75) is 6.92 Å². The lowest BCUT2D eigenvalue weighted by atomic mass is 10.2. The fraction of sp³-hybridized carbons (Fsp3) is 0.263. The fourth-order valence-corrected chi connectivity index (χ4v) is 4.31. The number of amides is 2. The molecule has 1 N–H and O–H groups in total. The lowest BCUT2D eigenvalue weighted by molar-refractivity contribution is 0.208. The van der Waals surface area contributed by atoms with Crippen molar-refractivity contribution in [1.82, 2.24) is 9.88 Å². The lowest BCUT2D eigenvalue weighted by Crippen LogP contribution is -2.50. The zero-order valence-electron chi connectivity index (χ0n) is 14.7. The van der Waals surface area contributed by atoms with Crippen LogP contribution >= 0.6 is 22.9 Å². The first-order valence-electron chi connectivity index (χ1n) is 8.64. The number of aromatic nitrogens is 1. The van der Waals surface area contributed by atoms with Crippen LogP contribution in [0, 0.1) is 12.7 Å². The second kappa shape index (κ2) is 7.32. The van der Waals surface area contributed by atoms with Gasteiger partial charge in [0.05, 0.1) is 15.9 Å². The van der Waals surface area contributed by atoms with E-state index in [9.17, 15) is 9.18 Å². The standard InChI is InChI=1S/C19H18ClFN4OS/c1-12-13(20)6-7-16-17(12)23-19(27-16)25-10-8-24(9-11-25)18(26)22-15-5-3-2-4-14(15)21/h2-7H,8-11H2,1H3,(H,22,26). The van der Waals surface area contributed by atoms with Gasteiger partial charge < -0.3 is 15.1 Å². The number of halogens is 2. The van der Waals surface area contributed by atoms with E-state index < -0.39 is 5.82 Å². The third-order valence-corrected chi connectivity index (χ3v) is 6.18. The fourth-order valence-electron chi connectivity index (χ4n) is 3.08. The van der Waals surface area contributed by atoms with Gasteiger partial charge in [-0.3, -0.25) is 0 Å². The van der Waals surface area contributed by atoms with Crippen molar-refractivity contribution in [3.63, 3.8) is 0 Å². The molecule has 0 atom stereocenters. The molecule has 0 spiro atoms. The molecule has 1 aromatic heterocycles. The Kier molecular flexibility index (Phi) is 4.88. The highest BCUT2D eigenvalue weighted by atomic mass is 35.5. The van der Waals surface area contributed by atoms with Crippen molar-refractivity contribution in [2.75, 3.05) is 36.4 Å². The molecule has 5 nitrogen and oxygen atoms in total. The molecule has 3 aromatic rings. The number of carbonyl (C=O) groups is 1. The van der Waals surface area contributed by atoms with Crippen LogP contribution in [-0.2, 0) is 0 Å². The molecule has 1 aliphatic heterocycles. The van der Waals surface area contributed by atoms with Gasteiger partial charge in [0.25, 0.3) is 0 Å². The first kappa shape index (κ1) is 18.0. The highest BCUT2D eigenvalue weighted by molar-refractivity contribution is 7.22. The molecule has 0 aliphatic carbocycles. The van der Waals surface area contributed by atoms with Gasteiger partial charge in [0.2, 0.25) is 0 Å². The molecule has 0 bridgehead atoms. The number of nitrogens with zero attached hydrogens (tertiary/aromatic N) is 3. The van der Waals surface area contributed by atoms with E-state index in [2.05, 4.69) is 10.2 Å². The maximum absolute atomic E-state index is 13.7. The molecule has 2 aromatic carbocycles. The third-order valence-electron chi connectivity index (χ3n) is 4.69. The number of piperazine rings is 1. The van der Waals surface area contributed by atoms with Gasteiger partial charge in [0.1, 0.15) is 5.82 Å². The zero-order chi connectivity index (χ0) is 19.0. The van der Waals surface area contributed by atoms with E-state index >= 15 is 0 Å². The van der Waals surface area contributed by atoms with Gasteiger partial charge in [0.15, 0.2) is 5.13 Å². The predicted octanol–water partition coefficient (Wildman–Crippen LogP) is 4.75. The van der Waals surface area contributed by atoms with E-state index in [0.29, 0.717) is 31.2 Å². The number of hydrogen-bond donors (Lipinski definition) is 1. The Morgan fingerprint density at radius 3 is 2.67 bits per heavy atom. The van der Waals surface area contributed by atoms with Gasteiger partial charge in [-0.1, -0.05) is 35.1 Å². The maximum Gasteiger partial charge on any atom is 0.322 e. The van der Waals surface area contributed by atoms with Crippen molar-refractivity contribution in [3.8, 4) is 0 Å². The second-order valence-corrected chi connectivity index (χ2v) is 7.82. The summed E-state index contributed by atoms with van der Waals surface area (Å²) in [7, 11) is 0. The van der Waals surface area contributed by atoms with E-state index in [1.165, 1.54) is 6.07 Å². The van der Waals surface area contributed by atoms with E-state index in [0.717, 1.165) is 20.9 Å². The quantitative estimate of drug-likeness (QED) is 0.670. The van der Waals surface area contributed by atoms with Gasteiger partial charge >= 0.3 is 6.03 Å². The third kappa shape index (κ3) is 3.57. The zero-order valence-corrected chi connectivity index (χ0v) is 16.3. The summed E-state index contributed by atoms with van der Waals surface area (Å²) >= 11 is 7.82. The van der Waals surface area contributed by atoms with Crippen LogP contribution in [0.25, 0.3) is 10.2 Å². The van der Waals surface area contributed by atoms with Crippen LogP contribution in [0.15, 0.2) is 36.4 Å². The summed E-state index contributed by atoms with van der Waals surface area (Å²) in [4.78, 5) is 21.0. The molecule has 1 saturated heterocycles. The van der Waals surface area contributed by atoms with E-state index in [1.807, 2.05) is 19.1 Å². The second-order valence-electron chi connectivity index (χ2n) is 6.40. The number of nitrogens with one attached hydrogen (secondary N) is 1. The average Bonchev–Trinajstić information content (AvgIpc) is 3.12. The molecule has 4 rings (SSSR count). The van der Waals surface area contributed by atoms with Crippen molar-refractivity contribution >= 4 is 50.0 Å². The van der Waals surface area contributed by atoms with Crippen LogP contribution < -0.4 is 10.2 Å². The Morgan fingerprint density at radius 1 is 1.19 bits per heavy atom. The van der Waals surface area contributed by atoms with Gasteiger partial charge in [-0.25, -0.2) is 14.2 Å². The number of para-hydroxylation sites is 1. The van der Waals surface area contributed by atoms with Crippen molar-refractivity contribution in [1.29, 1.82) is 0 Å². The number of urea groups is 1. The molecular formula is C19H18ClFN4OS. The Bertz CT molecular complexity index is 1000. The van der Waals surface area contributed by atoms with Gasteiger partial charge in [-0.2, -0.15) is 0 Å². The monoisotopic (exact) mass is 404 g/mol. The lowest BCUT2D eigenvalue weighted by Gasteiger charge is -2.34. The molecule has 8 heteroatoms. The Morgan fingerprint density at radius 2 is 1.93 bits per heavy atom. The Hall–Kier alpha value is -2.38. The van der Waals surface area contributed by atoms with Gasteiger partial charge in [-0.15, -0.1) is 0 Å². The van der Waals surface area contributed by atoms with Gasteiger partial charge in [-0.05, 0) is 36.8 Å². The van der Waals surface area contributed by atoms with Crippen LogP contribution in [0.3, 0.4) is 0 Å². The molecule has 27 heavy (non-hydrogen) atoms. The Labute approximate surface area is 165 Å². The normalized spacial score (nSPS) is 14.6. The molecule has 0 radical (unpaired) electrons. The molecule has 140 valence electrons. The number of hydrogen-bond acceptors (Lipinski definition) is 4.